The molecule has 6 N–H and O–H groups in total. The van der Waals surface area contributed by atoms with Crippen LogP contribution < -0.4 is 5.73 Å². The van der Waals surface area contributed by atoms with E-state index in [1.807, 2.05) is 25.2 Å². The number of ketones is 2. The number of Topliss-reactive ketones (excluding diaryl/α,β-unsaturated/α-hetero) is 2. The lowest BCUT2D eigenvalue weighted by Crippen LogP contribution is -2.65. The van der Waals surface area contributed by atoms with Gasteiger partial charge in [0.25, 0.3) is 5.91 Å². The fraction of sp³-hybridized carbons (Fsp3) is 0.387. The highest BCUT2D eigenvalue weighted by Crippen LogP contribution is 2.53. The minimum absolute atomic E-state index is 0.00403. The van der Waals surface area contributed by atoms with Crippen LogP contribution in [0, 0.1) is 11.8 Å². The number of carbonyl (C=O) groups is 3. The zero-order valence-corrected chi connectivity index (χ0v) is 24.4. The van der Waals surface area contributed by atoms with Gasteiger partial charge in [0.2, 0.25) is 5.78 Å². The molecule has 0 aliphatic heterocycles. The van der Waals surface area contributed by atoms with E-state index >= 15 is 0 Å². The lowest BCUT2D eigenvalue weighted by Gasteiger charge is -2.50. The predicted molar refractivity (Wildman–Crippen MR) is 156 cm³/mol. The summed E-state index contributed by atoms with van der Waals surface area (Å²) in [7, 11) is 5.06. The maximum Gasteiger partial charge on any atom is 0.255 e. The van der Waals surface area contributed by atoms with Crippen LogP contribution in [0.4, 0.5) is 0 Å². The molecule has 5 rings (SSSR count). The molecule has 1 amide bonds. The highest BCUT2D eigenvalue weighted by molar-refractivity contribution is 6.32. The molecule has 0 saturated heterocycles. The number of primary amides is 1. The first-order valence-electron chi connectivity index (χ1n) is 13.7. The van der Waals surface area contributed by atoms with Crippen LogP contribution in [0.1, 0.15) is 28.7 Å². The van der Waals surface area contributed by atoms with Gasteiger partial charge >= 0.3 is 0 Å². The number of phenols is 1. The Morgan fingerprint density at radius 2 is 1.79 bits per heavy atom. The number of carbonyl (C=O) groups excluding carboxylic acids is 3. The summed E-state index contributed by atoms with van der Waals surface area (Å²) in [6.07, 6.45) is 0.963. The molecule has 0 radical (unpaired) electrons. The fourth-order valence-electron chi connectivity index (χ4n) is 6.80. The first-order valence-corrected chi connectivity index (χ1v) is 14.1. The van der Waals surface area contributed by atoms with E-state index in [1.165, 1.54) is 16.5 Å². The number of aliphatic hydroxyl groups is 3. The molecule has 3 aliphatic rings. The van der Waals surface area contributed by atoms with Crippen LogP contribution in [-0.4, -0.2) is 87.0 Å². The molecule has 0 heterocycles. The van der Waals surface area contributed by atoms with Crippen LogP contribution in [0.5, 0.6) is 5.75 Å². The van der Waals surface area contributed by atoms with E-state index in [0.29, 0.717) is 22.7 Å². The molecule has 4 atom stereocenters. The molecule has 0 aromatic heterocycles. The van der Waals surface area contributed by atoms with Crippen molar-refractivity contribution in [2.24, 2.45) is 17.6 Å². The summed E-state index contributed by atoms with van der Waals surface area (Å²) in [6.45, 7) is 1.15. The highest BCUT2D eigenvalue weighted by atomic mass is 35.5. The topological polar surface area (TPSA) is 165 Å². The van der Waals surface area contributed by atoms with E-state index in [0.717, 1.165) is 13.0 Å². The predicted octanol–water partition coefficient (Wildman–Crippen LogP) is 2.29. The molecule has 2 aromatic carbocycles. The molecule has 0 unspecified atom stereocenters. The Kier molecular flexibility index (Phi) is 7.69. The molecule has 0 bridgehead atoms. The van der Waals surface area contributed by atoms with Crippen LogP contribution in [0.15, 0.2) is 53.3 Å². The quantitative estimate of drug-likeness (QED) is 0.302. The van der Waals surface area contributed by atoms with Gasteiger partial charge in [-0.15, -0.1) is 0 Å². The SMILES string of the molecule is CN(CCc1ccccc1)Cc1cc(O)c2c(c1Cl)C[C@H]1C[C@H]3[C@H](N(C)C)C(=O)C(C(N)=O)=C(O)[C@@]3(O)C(=O)C1=C2O. The Morgan fingerprint density at radius 1 is 1.12 bits per heavy atom. The van der Waals surface area contributed by atoms with Crippen LogP contribution in [0.3, 0.4) is 0 Å². The lowest BCUT2D eigenvalue weighted by molar-refractivity contribution is -0.153. The van der Waals surface area contributed by atoms with Gasteiger partial charge < -0.3 is 31.1 Å². The normalized spacial score (nSPS) is 25.5. The van der Waals surface area contributed by atoms with Crippen molar-refractivity contribution in [3.63, 3.8) is 0 Å². The second-order valence-electron chi connectivity index (χ2n) is 11.7. The van der Waals surface area contributed by atoms with Crippen molar-refractivity contribution in [3.8, 4) is 5.75 Å². The summed E-state index contributed by atoms with van der Waals surface area (Å²) >= 11 is 6.87. The summed E-state index contributed by atoms with van der Waals surface area (Å²) < 4.78 is 0. The second-order valence-corrected chi connectivity index (χ2v) is 12.0. The number of nitrogens with zero attached hydrogens (tertiary/aromatic N) is 2. The molecule has 11 heteroatoms. The highest BCUT2D eigenvalue weighted by Gasteiger charge is 2.64. The smallest absolute Gasteiger partial charge is 0.255 e. The number of aliphatic hydroxyl groups excluding tert-OH is 2. The zero-order chi connectivity index (χ0) is 30.7. The third kappa shape index (κ3) is 4.59. The van der Waals surface area contributed by atoms with Crippen molar-refractivity contribution in [2.75, 3.05) is 27.7 Å². The van der Waals surface area contributed by atoms with Gasteiger partial charge in [0.15, 0.2) is 11.4 Å². The van der Waals surface area contributed by atoms with E-state index < -0.39 is 58.0 Å². The number of hydrogen-bond acceptors (Lipinski definition) is 9. The average molecular weight is 596 g/mol. The number of phenolic OH excluding ortho intramolecular Hbond substituents is 1. The first-order chi connectivity index (χ1) is 19.8. The van der Waals surface area contributed by atoms with Crippen molar-refractivity contribution >= 4 is 34.8 Å². The maximum absolute atomic E-state index is 13.9. The monoisotopic (exact) mass is 595 g/mol. The maximum atomic E-state index is 13.9. The third-order valence-electron chi connectivity index (χ3n) is 8.79. The fourth-order valence-corrected chi connectivity index (χ4v) is 7.08. The van der Waals surface area contributed by atoms with Crippen LogP contribution in [0.25, 0.3) is 5.76 Å². The summed E-state index contributed by atoms with van der Waals surface area (Å²) in [5, 5.41) is 45.4. The molecule has 3 aliphatic carbocycles. The number of benzene rings is 2. The summed E-state index contributed by atoms with van der Waals surface area (Å²) in [6, 6.07) is 10.3. The summed E-state index contributed by atoms with van der Waals surface area (Å²) in [5.74, 6) is -6.91. The molecular formula is C31H34ClN3O7. The molecule has 10 nitrogen and oxygen atoms in total. The van der Waals surface area contributed by atoms with Gasteiger partial charge in [-0.05, 0) is 69.1 Å². The number of aromatic hydroxyl groups is 1. The summed E-state index contributed by atoms with van der Waals surface area (Å²) in [5.41, 5.74) is 3.90. The molecule has 222 valence electrons. The van der Waals surface area contributed by atoms with Crippen molar-refractivity contribution in [1.29, 1.82) is 0 Å². The van der Waals surface area contributed by atoms with Gasteiger partial charge in [0, 0.05) is 29.6 Å². The largest absolute Gasteiger partial charge is 0.508 e. The number of rotatable bonds is 7. The second kappa shape index (κ2) is 10.9. The van der Waals surface area contributed by atoms with Gasteiger partial charge in [-0.3, -0.25) is 19.3 Å². The Labute approximate surface area is 248 Å². The van der Waals surface area contributed by atoms with Gasteiger partial charge in [0.1, 0.15) is 22.8 Å². The van der Waals surface area contributed by atoms with Crippen molar-refractivity contribution < 1.29 is 34.8 Å². The van der Waals surface area contributed by atoms with Gasteiger partial charge in [-0.25, -0.2) is 0 Å². The van der Waals surface area contributed by atoms with Crippen LogP contribution >= 0.6 is 11.6 Å². The van der Waals surface area contributed by atoms with E-state index in [1.54, 1.807) is 14.1 Å². The van der Waals surface area contributed by atoms with Crippen LogP contribution in [-0.2, 0) is 33.8 Å². The van der Waals surface area contributed by atoms with Crippen LogP contribution in [0.2, 0.25) is 5.02 Å². The van der Waals surface area contributed by atoms with Gasteiger partial charge in [-0.2, -0.15) is 0 Å². The average Bonchev–Trinajstić information content (AvgIpc) is 2.92. The van der Waals surface area contributed by atoms with E-state index in [-0.39, 0.29) is 29.7 Å². The van der Waals surface area contributed by atoms with E-state index in [4.69, 9.17) is 17.3 Å². The Morgan fingerprint density at radius 3 is 2.40 bits per heavy atom. The van der Waals surface area contributed by atoms with Gasteiger partial charge in [0.05, 0.1) is 11.6 Å². The number of nitrogens with two attached hydrogens (primary N) is 1. The standard InChI is InChI=1S/C31H34ClN3O7/c1-34(2)25-19-12-16-11-18-22(26(37)21(16)28(39)31(19,42)29(40)23(27(25)38)30(33)41)20(36)13-17(24(18)32)14-35(3)10-9-15-7-5-4-6-8-15/h4-8,13,16,19,25,36-37,40,42H,9-12,14H2,1-3H3,(H2,33,41)/t16-,19-,25-,31-/m0/s1. The van der Waals surface area contributed by atoms with Gasteiger partial charge in [-0.1, -0.05) is 41.9 Å². The van der Waals surface area contributed by atoms with Crippen molar-refractivity contribution in [3.05, 3.63) is 80.6 Å². The minimum Gasteiger partial charge on any atom is -0.508 e. The molecule has 0 spiro atoms. The molecule has 1 saturated carbocycles. The first kappa shape index (κ1) is 29.8. The molecule has 1 fully saturated rings. The zero-order valence-electron chi connectivity index (χ0n) is 23.6. The van der Waals surface area contributed by atoms with Crippen molar-refractivity contribution in [2.45, 2.75) is 37.5 Å². The number of fused-ring (bicyclic) bond motifs is 3. The third-order valence-corrected chi connectivity index (χ3v) is 9.27. The molecule has 2 aromatic rings. The Balaban J connectivity index is 1.53. The Bertz CT molecular complexity index is 1550. The van der Waals surface area contributed by atoms with E-state index in [9.17, 15) is 34.8 Å². The molecular weight excluding hydrogens is 562 g/mol. The summed E-state index contributed by atoms with van der Waals surface area (Å²) in [4.78, 5) is 42.8. The lowest BCUT2D eigenvalue weighted by atomic mass is 9.57. The number of hydrogen-bond donors (Lipinski definition) is 5. The van der Waals surface area contributed by atoms with Crippen molar-refractivity contribution in [1.82, 2.24) is 9.80 Å². The Hall–Kier alpha value is -3.70. The minimum atomic E-state index is -2.68. The van der Waals surface area contributed by atoms with E-state index in [2.05, 4.69) is 17.0 Å². The molecule has 42 heavy (non-hydrogen) atoms. The number of halogens is 1. The number of amides is 1. The number of likely N-dealkylation sites (N-methyl/N-ethyl adjacent to an activating group) is 2.